The van der Waals surface area contributed by atoms with Crippen LogP contribution in [-0.2, 0) is 22.7 Å². The summed E-state index contributed by atoms with van der Waals surface area (Å²) in [6, 6.07) is 5.11. The fourth-order valence-corrected chi connectivity index (χ4v) is 2.87. The van der Waals surface area contributed by atoms with Crippen molar-refractivity contribution in [2.75, 3.05) is 13.7 Å². The summed E-state index contributed by atoms with van der Waals surface area (Å²) >= 11 is 0. The smallest absolute Gasteiger partial charge is 0.322 e. The van der Waals surface area contributed by atoms with E-state index < -0.39 is 17.5 Å². The molecule has 0 saturated carbocycles. The summed E-state index contributed by atoms with van der Waals surface area (Å²) in [4.78, 5) is 37.3. The number of carbonyl (C=O) groups is 3. The summed E-state index contributed by atoms with van der Waals surface area (Å²) in [5.74, 6) is -0.551. The normalized spacial score (nSPS) is 23.5. The first-order valence-corrected chi connectivity index (χ1v) is 6.96. The second-order valence-electron chi connectivity index (χ2n) is 5.83. The lowest BCUT2D eigenvalue weighted by molar-refractivity contribution is -0.123. The van der Waals surface area contributed by atoms with Gasteiger partial charge in [0.1, 0.15) is 5.54 Å². The molecule has 0 bridgehead atoms. The van der Waals surface area contributed by atoms with Gasteiger partial charge >= 0.3 is 6.03 Å². The second kappa shape index (κ2) is 5.10. The molecule has 2 N–H and O–H groups in total. The molecule has 2 aliphatic rings. The van der Waals surface area contributed by atoms with Crippen LogP contribution in [0.3, 0.4) is 0 Å². The highest BCUT2D eigenvalue weighted by Crippen LogP contribution is 2.26. The second-order valence-corrected chi connectivity index (χ2v) is 5.83. The molecule has 1 aromatic carbocycles. The zero-order chi connectivity index (χ0) is 15.9. The average Bonchev–Trinajstić information content (AvgIpc) is 2.88. The van der Waals surface area contributed by atoms with Crippen molar-refractivity contribution in [2.24, 2.45) is 0 Å². The molecule has 1 aromatic rings. The van der Waals surface area contributed by atoms with Gasteiger partial charge in [-0.2, -0.15) is 0 Å². The Morgan fingerprint density at radius 3 is 2.73 bits per heavy atom. The van der Waals surface area contributed by atoms with E-state index in [1.165, 1.54) is 0 Å². The van der Waals surface area contributed by atoms with Gasteiger partial charge in [-0.15, -0.1) is 0 Å². The maximum atomic E-state index is 12.5. The average molecular weight is 303 g/mol. The highest BCUT2D eigenvalue weighted by molar-refractivity contribution is 6.07. The summed E-state index contributed by atoms with van der Waals surface area (Å²) in [5, 5.41) is 4.77. The highest BCUT2D eigenvalue weighted by Gasteiger charge is 2.45. The van der Waals surface area contributed by atoms with Crippen molar-refractivity contribution in [2.45, 2.75) is 25.6 Å². The largest absolute Gasteiger partial charge is 0.380 e. The van der Waals surface area contributed by atoms with Gasteiger partial charge in [0.2, 0.25) is 0 Å². The molecule has 2 heterocycles. The van der Waals surface area contributed by atoms with Crippen molar-refractivity contribution in [3.63, 3.8) is 0 Å². The van der Waals surface area contributed by atoms with E-state index in [0.29, 0.717) is 18.7 Å². The number of carbonyl (C=O) groups excluding carboxylic acids is 3. The number of amides is 4. The Morgan fingerprint density at radius 1 is 1.32 bits per heavy atom. The van der Waals surface area contributed by atoms with Gasteiger partial charge in [0.25, 0.3) is 11.8 Å². The number of hydrogen-bond acceptors (Lipinski definition) is 4. The number of urea groups is 1. The van der Waals surface area contributed by atoms with E-state index in [1.54, 1.807) is 18.9 Å². The SMILES string of the molecule is COCc1ccc2c(c1)C(=O)N(CC1(C)NC(=O)NC1=O)C2. The first-order valence-electron chi connectivity index (χ1n) is 6.96. The van der Waals surface area contributed by atoms with E-state index in [-0.39, 0.29) is 12.5 Å². The Kier molecular flexibility index (Phi) is 3.37. The van der Waals surface area contributed by atoms with Crippen LogP contribution in [0.25, 0.3) is 0 Å². The quantitative estimate of drug-likeness (QED) is 0.788. The van der Waals surface area contributed by atoms with Gasteiger partial charge in [-0.1, -0.05) is 12.1 Å². The van der Waals surface area contributed by atoms with Crippen LogP contribution < -0.4 is 10.6 Å². The lowest BCUT2D eigenvalue weighted by atomic mass is 10.0. The molecule has 0 radical (unpaired) electrons. The van der Waals surface area contributed by atoms with E-state index in [9.17, 15) is 14.4 Å². The number of hydrogen-bond donors (Lipinski definition) is 2. The van der Waals surface area contributed by atoms with Crippen LogP contribution in [0, 0.1) is 0 Å². The summed E-state index contributed by atoms with van der Waals surface area (Å²) in [6.07, 6.45) is 0. The Bertz CT molecular complexity index is 673. The molecule has 7 nitrogen and oxygen atoms in total. The third kappa shape index (κ3) is 2.33. The standard InChI is InChI=1S/C15H17N3O4/c1-15(13(20)16-14(21)17-15)8-18-6-10-4-3-9(7-22-2)5-11(10)12(18)19/h3-5H,6-8H2,1-2H3,(H2,16,17,20,21). The van der Waals surface area contributed by atoms with Crippen molar-refractivity contribution >= 4 is 17.8 Å². The number of rotatable bonds is 4. The number of ether oxygens (including phenoxy) is 1. The summed E-state index contributed by atoms with van der Waals surface area (Å²) < 4.78 is 5.07. The molecule has 1 saturated heterocycles. The number of fused-ring (bicyclic) bond motifs is 1. The topological polar surface area (TPSA) is 87.7 Å². The zero-order valence-electron chi connectivity index (χ0n) is 12.4. The van der Waals surface area contributed by atoms with Gasteiger partial charge in [0, 0.05) is 19.2 Å². The predicted molar refractivity (Wildman–Crippen MR) is 77.0 cm³/mol. The van der Waals surface area contributed by atoms with E-state index in [2.05, 4.69) is 10.6 Å². The van der Waals surface area contributed by atoms with Crippen molar-refractivity contribution in [3.05, 3.63) is 34.9 Å². The molecule has 7 heteroatoms. The van der Waals surface area contributed by atoms with Gasteiger partial charge in [-0.25, -0.2) is 4.79 Å². The molecule has 0 aromatic heterocycles. The van der Waals surface area contributed by atoms with Crippen LogP contribution in [0.4, 0.5) is 4.79 Å². The van der Waals surface area contributed by atoms with Gasteiger partial charge in [-0.3, -0.25) is 14.9 Å². The van der Waals surface area contributed by atoms with Crippen LogP contribution in [0.15, 0.2) is 18.2 Å². The Morgan fingerprint density at radius 2 is 2.09 bits per heavy atom. The molecular formula is C15H17N3O4. The lowest BCUT2D eigenvalue weighted by Gasteiger charge is -2.26. The molecule has 1 unspecified atom stereocenters. The van der Waals surface area contributed by atoms with E-state index >= 15 is 0 Å². The zero-order valence-corrected chi connectivity index (χ0v) is 12.4. The summed E-state index contributed by atoms with van der Waals surface area (Å²) in [7, 11) is 1.60. The third-order valence-corrected chi connectivity index (χ3v) is 3.99. The van der Waals surface area contributed by atoms with Crippen molar-refractivity contribution in [1.29, 1.82) is 0 Å². The number of imide groups is 1. The van der Waals surface area contributed by atoms with Gasteiger partial charge in [0.15, 0.2) is 0 Å². The fraction of sp³-hybridized carbons (Fsp3) is 0.400. The summed E-state index contributed by atoms with van der Waals surface area (Å²) in [5.41, 5.74) is 1.38. The monoisotopic (exact) mass is 303 g/mol. The molecule has 4 amide bonds. The Hall–Kier alpha value is -2.41. The fourth-order valence-electron chi connectivity index (χ4n) is 2.87. The lowest BCUT2D eigenvalue weighted by Crippen LogP contribution is -2.52. The Labute approximate surface area is 127 Å². The van der Waals surface area contributed by atoms with E-state index in [1.807, 2.05) is 18.2 Å². The maximum Gasteiger partial charge on any atom is 0.322 e. The number of benzene rings is 1. The summed E-state index contributed by atoms with van der Waals surface area (Å²) in [6.45, 7) is 2.62. The number of nitrogens with one attached hydrogen (secondary N) is 2. The minimum atomic E-state index is -1.09. The molecule has 22 heavy (non-hydrogen) atoms. The van der Waals surface area contributed by atoms with Crippen LogP contribution in [0.2, 0.25) is 0 Å². The van der Waals surface area contributed by atoms with Gasteiger partial charge < -0.3 is 15.0 Å². The predicted octanol–water partition coefficient (Wildman–Crippen LogP) is 0.387. The van der Waals surface area contributed by atoms with Crippen LogP contribution >= 0.6 is 0 Å². The van der Waals surface area contributed by atoms with E-state index in [0.717, 1.165) is 11.1 Å². The van der Waals surface area contributed by atoms with Crippen LogP contribution in [-0.4, -0.2) is 41.9 Å². The maximum absolute atomic E-state index is 12.5. The minimum Gasteiger partial charge on any atom is -0.380 e. The third-order valence-electron chi connectivity index (χ3n) is 3.99. The van der Waals surface area contributed by atoms with E-state index in [4.69, 9.17) is 4.74 Å². The van der Waals surface area contributed by atoms with Gasteiger partial charge in [0.05, 0.1) is 13.2 Å². The molecule has 0 aliphatic carbocycles. The van der Waals surface area contributed by atoms with Crippen molar-refractivity contribution in [3.8, 4) is 0 Å². The molecule has 116 valence electrons. The van der Waals surface area contributed by atoms with Crippen molar-refractivity contribution < 1.29 is 19.1 Å². The highest BCUT2D eigenvalue weighted by atomic mass is 16.5. The molecule has 0 spiro atoms. The van der Waals surface area contributed by atoms with Gasteiger partial charge in [-0.05, 0) is 24.1 Å². The molecule has 1 atom stereocenters. The minimum absolute atomic E-state index is 0.136. The Balaban J connectivity index is 1.79. The molecule has 3 rings (SSSR count). The first kappa shape index (κ1) is 14.5. The van der Waals surface area contributed by atoms with Crippen LogP contribution in [0.5, 0.6) is 0 Å². The first-order chi connectivity index (χ1) is 10.4. The number of nitrogens with zero attached hydrogens (tertiary/aromatic N) is 1. The van der Waals surface area contributed by atoms with Crippen molar-refractivity contribution in [1.82, 2.24) is 15.5 Å². The molecule has 1 fully saturated rings. The van der Waals surface area contributed by atoms with Crippen LogP contribution in [0.1, 0.15) is 28.4 Å². The molecule has 2 aliphatic heterocycles. The number of methoxy groups -OCH3 is 1. The molecular weight excluding hydrogens is 286 g/mol.